The van der Waals surface area contributed by atoms with Crippen LogP contribution >= 0.6 is 0 Å². The number of aromatic nitrogens is 2. The number of sulfonamides is 1. The highest BCUT2D eigenvalue weighted by atomic mass is 32.2. The number of anilines is 1. The summed E-state index contributed by atoms with van der Waals surface area (Å²) in [6.07, 6.45) is 5.28. The first-order valence-corrected chi connectivity index (χ1v) is 12.3. The van der Waals surface area contributed by atoms with Gasteiger partial charge in [-0.15, -0.1) is 0 Å². The molecule has 0 radical (unpaired) electrons. The summed E-state index contributed by atoms with van der Waals surface area (Å²) in [5.41, 5.74) is 1.88. The number of fused-ring (bicyclic) bond motifs is 1. The summed E-state index contributed by atoms with van der Waals surface area (Å²) in [6.45, 7) is 0.452. The topological polar surface area (TPSA) is 111 Å². The average molecular weight is 471 g/mol. The molecule has 1 N–H and O–H groups in total. The first kappa shape index (κ1) is 22.9. The Kier molecular flexibility index (Phi) is 7.05. The fourth-order valence-corrected chi connectivity index (χ4v) is 5.39. The highest BCUT2D eigenvalue weighted by Gasteiger charge is 2.25. The molecular formula is C23H26N4O5S. The van der Waals surface area contributed by atoms with Gasteiger partial charge < -0.3 is 14.6 Å². The minimum Gasteiger partial charge on any atom is -0.454 e. The van der Waals surface area contributed by atoms with Crippen molar-refractivity contribution in [3.63, 3.8) is 0 Å². The van der Waals surface area contributed by atoms with Crippen molar-refractivity contribution in [3.8, 4) is 0 Å². The monoisotopic (exact) mass is 470 g/mol. The van der Waals surface area contributed by atoms with E-state index in [1.807, 2.05) is 24.3 Å². The normalized spacial score (nSPS) is 15.2. The van der Waals surface area contributed by atoms with Gasteiger partial charge in [-0.25, -0.2) is 13.4 Å². The molecule has 0 unspecified atom stereocenters. The van der Waals surface area contributed by atoms with Crippen molar-refractivity contribution in [2.75, 3.05) is 25.0 Å². The van der Waals surface area contributed by atoms with Crippen LogP contribution in [0.5, 0.6) is 0 Å². The molecule has 2 heterocycles. The molecule has 3 aromatic rings. The van der Waals surface area contributed by atoms with Crippen LogP contribution in [0.4, 0.5) is 5.69 Å². The number of rotatable bonds is 7. The predicted molar refractivity (Wildman–Crippen MR) is 123 cm³/mol. The van der Waals surface area contributed by atoms with E-state index in [0.29, 0.717) is 18.8 Å². The number of amides is 1. The van der Waals surface area contributed by atoms with Crippen LogP contribution in [0.25, 0.3) is 11.0 Å². The van der Waals surface area contributed by atoms with Gasteiger partial charge in [-0.1, -0.05) is 31.0 Å². The lowest BCUT2D eigenvalue weighted by Gasteiger charge is -2.20. The number of nitrogens with zero attached hydrogens (tertiary/aromatic N) is 3. The maximum absolute atomic E-state index is 13.0. The summed E-state index contributed by atoms with van der Waals surface area (Å²) in [7, 11) is -3.63. The molecule has 1 aromatic heterocycles. The Hall–Kier alpha value is -3.24. The van der Waals surface area contributed by atoms with E-state index in [2.05, 4.69) is 10.3 Å². The molecule has 0 saturated carbocycles. The van der Waals surface area contributed by atoms with Gasteiger partial charge in [-0.2, -0.15) is 4.31 Å². The van der Waals surface area contributed by atoms with Gasteiger partial charge in [0.05, 0.1) is 22.3 Å². The van der Waals surface area contributed by atoms with Crippen molar-refractivity contribution in [3.05, 3.63) is 54.9 Å². The Bertz CT molecular complexity index is 1250. The van der Waals surface area contributed by atoms with Gasteiger partial charge in [-0.05, 0) is 43.2 Å². The molecule has 1 saturated heterocycles. The smallest absolute Gasteiger partial charge is 0.326 e. The molecule has 4 rings (SSSR count). The fourth-order valence-electron chi connectivity index (χ4n) is 3.83. The zero-order chi connectivity index (χ0) is 23.3. The largest absolute Gasteiger partial charge is 0.454 e. The van der Waals surface area contributed by atoms with Gasteiger partial charge in [0.25, 0.3) is 5.91 Å². The van der Waals surface area contributed by atoms with E-state index in [4.69, 9.17) is 4.74 Å². The summed E-state index contributed by atoms with van der Waals surface area (Å²) in [6, 6.07) is 13.5. The quantitative estimate of drug-likeness (QED) is 0.532. The molecule has 0 aliphatic carbocycles. The second kappa shape index (κ2) is 10.1. The highest BCUT2D eigenvalue weighted by molar-refractivity contribution is 7.89. The molecule has 2 aromatic carbocycles. The Morgan fingerprint density at radius 1 is 1.00 bits per heavy atom. The van der Waals surface area contributed by atoms with Gasteiger partial charge in [-0.3, -0.25) is 9.59 Å². The second-order valence-electron chi connectivity index (χ2n) is 7.92. The minimum atomic E-state index is -3.63. The minimum absolute atomic E-state index is 0.0721. The second-order valence-corrected chi connectivity index (χ2v) is 9.85. The van der Waals surface area contributed by atoms with E-state index in [-0.39, 0.29) is 11.4 Å². The Labute approximate surface area is 192 Å². The number of ether oxygens (including phenoxy) is 1. The van der Waals surface area contributed by atoms with Gasteiger partial charge in [0.2, 0.25) is 10.0 Å². The van der Waals surface area contributed by atoms with Gasteiger partial charge >= 0.3 is 5.97 Å². The molecular weight excluding hydrogens is 444 g/mol. The number of carbonyl (C=O) groups excluding carboxylic acids is 2. The van der Waals surface area contributed by atoms with E-state index >= 15 is 0 Å². The zero-order valence-corrected chi connectivity index (χ0v) is 19.0. The molecule has 1 fully saturated rings. The van der Waals surface area contributed by atoms with E-state index in [0.717, 1.165) is 36.7 Å². The first-order chi connectivity index (χ1) is 15.9. The summed E-state index contributed by atoms with van der Waals surface area (Å²) in [5, 5.41) is 2.60. The molecule has 33 heavy (non-hydrogen) atoms. The van der Waals surface area contributed by atoms with Crippen LogP contribution in [0.1, 0.15) is 25.7 Å². The lowest BCUT2D eigenvalue weighted by Crippen LogP contribution is -2.32. The maximum atomic E-state index is 13.0. The summed E-state index contributed by atoms with van der Waals surface area (Å²) in [5.74, 6) is -1.13. The summed E-state index contributed by atoms with van der Waals surface area (Å²) < 4.78 is 34.2. The maximum Gasteiger partial charge on any atom is 0.326 e. The fraction of sp³-hybridized carbons (Fsp3) is 0.348. The first-order valence-electron chi connectivity index (χ1n) is 10.9. The predicted octanol–water partition coefficient (Wildman–Crippen LogP) is 2.78. The Morgan fingerprint density at radius 3 is 2.55 bits per heavy atom. The zero-order valence-electron chi connectivity index (χ0n) is 18.1. The van der Waals surface area contributed by atoms with Crippen molar-refractivity contribution >= 4 is 38.6 Å². The van der Waals surface area contributed by atoms with Crippen molar-refractivity contribution < 1.29 is 22.7 Å². The lowest BCUT2D eigenvalue weighted by molar-refractivity contribution is -0.147. The SMILES string of the molecule is O=C(COC(=O)Cn1cnc2ccccc21)Nc1cccc(S(=O)(=O)N2CCCCCC2)c1. The molecule has 174 valence electrons. The number of esters is 1. The number of hydrogen-bond donors (Lipinski definition) is 1. The van der Waals surface area contributed by atoms with Crippen molar-refractivity contribution in [2.45, 2.75) is 37.1 Å². The van der Waals surface area contributed by atoms with E-state index in [1.165, 1.54) is 16.4 Å². The molecule has 0 atom stereocenters. The van der Waals surface area contributed by atoms with E-state index in [9.17, 15) is 18.0 Å². The third kappa shape index (κ3) is 5.58. The third-order valence-electron chi connectivity index (χ3n) is 5.51. The molecule has 10 heteroatoms. The number of hydrogen-bond acceptors (Lipinski definition) is 6. The molecule has 1 aliphatic rings. The van der Waals surface area contributed by atoms with E-state index in [1.54, 1.807) is 23.0 Å². The number of nitrogens with one attached hydrogen (secondary N) is 1. The number of benzene rings is 2. The van der Waals surface area contributed by atoms with Crippen LogP contribution in [-0.2, 0) is 30.9 Å². The van der Waals surface area contributed by atoms with Crippen LogP contribution in [0, 0.1) is 0 Å². The Balaban J connectivity index is 1.33. The van der Waals surface area contributed by atoms with Crippen LogP contribution in [0.15, 0.2) is 59.8 Å². The average Bonchev–Trinajstić information content (AvgIpc) is 3.01. The molecule has 0 bridgehead atoms. The van der Waals surface area contributed by atoms with Crippen molar-refractivity contribution in [1.29, 1.82) is 0 Å². The third-order valence-corrected chi connectivity index (χ3v) is 7.41. The molecule has 9 nitrogen and oxygen atoms in total. The summed E-state index contributed by atoms with van der Waals surface area (Å²) in [4.78, 5) is 28.8. The van der Waals surface area contributed by atoms with Gasteiger partial charge in [0.15, 0.2) is 6.61 Å². The molecule has 1 amide bonds. The van der Waals surface area contributed by atoms with Crippen LogP contribution in [0.2, 0.25) is 0 Å². The molecule has 0 spiro atoms. The molecule has 1 aliphatic heterocycles. The standard InChI is InChI=1S/C23H26N4O5S/c28-22(16-32-23(29)15-26-17-24-20-10-3-4-11-21(20)26)25-18-8-7-9-19(14-18)33(30,31)27-12-5-1-2-6-13-27/h3-4,7-11,14,17H,1-2,5-6,12-13,15-16H2,(H,25,28). The van der Waals surface area contributed by atoms with Crippen LogP contribution < -0.4 is 5.32 Å². The van der Waals surface area contributed by atoms with Crippen LogP contribution in [-0.4, -0.2) is 53.8 Å². The summed E-state index contributed by atoms with van der Waals surface area (Å²) >= 11 is 0. The van der Waals surface area contributed by atoms with Gasteiger partial charge in [0.1, 0.15) is 6.54 Å². The number of imidazole rings is 1. The van der Waals surface area contributed by atoms with Gasteiger partial charge in [0, 0.05) is 18.8 Å². The van der Waals surface area contributed by atoms with E-state index < -0.39 is 28.5 Å². The lowest BCUT2D eigenvalue weighted by atomic mass is 10.2. The number of carbonyl (C=O) groups is 2. The van der Waals surface area contributed by atoms with Crippen molar-refractivity contribution in [1.82, 2.24) is 13.9 Å². The Morgan fingerprint density at radius 2 is 1.76 bits per heavy atom. The number of para-hydroxylation sites is 2. The highest BCUT2D eigenvalue weighted by Crippen LogP contribution is 2.22. The van der Waals surface area contributed by atoms with Crippen molar-refractivity contribution in [2.24, 2.45) is 0 Å². The van der Waals surface area contributed by atoms with Crippen LogP contribution in [0.3, 0.4) is 0 Å².